The summed E-state index contributed by atoms with van der Waals surface area (Å²) in [5.41, 5.74) is 17.9. The van der Waals surface area contributed by atoms with Crippen LogP contribution >= 0.6 is 0 Å². The van der Waals surface area contributed by atoms with Crippen LogP contribution in [0.3, 0.4) is 0 Å². The van der Waals surface area contributed by atoms with Crippen LogP contribution in [-0.4, -0.2) is 69.8 Å². The number of aliphatic carboxylic acids is 1. The summed E-state index contributed by atoms with van der Waals surface area (Å²) >= 11 is 0. The summed E-state index contributed by atoms with van der Waals surface area (Å²) in [6.07, 6.45) is 1.08. The monoisotopic (exact) mass is 559 g/mol. The van der Waals surface area contributed by atoms with Gasteiger partial charge < -0.3 is 43.2 Å². The number of aromatic amines is 1. The van der Waals surface area contributed by atoms with Crippen LogP contribution in [0.4, 0.5) is 0 Å². The molecule has 14 nitrogen and oxygen atoms in total. The quantitative estimate of drug-likeness (QED) is 0.123. The van der Waals surface area contributed by atoms with E-state index in [1.165, 1.54) is 0 Å². The number of carboxylic acids is 1. The van der Waals surface area contributed by atoms with Gasteiger partial charge in [-0.3, -0.25) is 24.0 Å². The molecular formula is C26H37N7O7. The van der Waals surface area contributed by atoms with Gasteiger partial charge in [-0.05, 0) is 24.0 Å². The molecule has 0 aliphatic rings. The summed E-state index contributed by atoms with van der Waals surface area (Å²) < 4.78 is 0. The molecule has 0 fully saturated rings. The van der Waals surface area contributed by atoms with E-state index >= 15 is 0 Å². The number of aromatic nitrogens is 1. The molecule has 218 valence electrons. The maximum Gasteiger partial charge on any atom is 0.326 e. The number of amides is 5. The normalized spacial score (nSPS) is 14.8. The number of para-hydroxylation sites is 1. The number of rotatable bonds is 16. The highest BCUT2D eigenvalue weighted by Crippen LogP contribution is 2.19. The molecule has 1 heterocycles. The number of carboxylic acid groups (broad SMARTS) is 1. The molecule has 0 bridgehead atoms. The molecule has 11 N–H and O–H groups in total. The molecule has 2 aromatic rings. The SMILES string of the molecule is CCC(C)C(N)C(=O)NC(Cc1c[nH]c2ccccc12)C(=O)NC(CCC(N)=O)C(=O)NC(CC(N)=O)C(=O)O. The van der Waals surface area contributed by atoms with Crippen molar-refractivity contribution in [2.75, 3.05) is 0 Å². The van der Waals surface area contributed by atoms with Gasteiger partial charge in [-0.1, -0.05) is 38.5 Å². The number of fused-ring (bicyclic) bond motifs is 1. The number of nitrogens with two attached hydrogens (primary N) is 3. The number of primary amides is 2. The first-order valence-electron chi connectivity index (χ1n) is 12.8. The predicted octanol–water partition coefficient (Wildman–Crippen LogP) is -1.24. The molecule has 0 radical (unpaired) electrons. The topological polar surface area (TPSA) is 253 Å². The van der Waals surface area contributed by atoms with E-state index < -0.39 is 66.1 Å². The smallest absolute Gasteiger partial charge is 0.326 e. The lowest BCUT2D eigenvalue weighted by Gasteiger charge is -2.26. The zero-order valence-corrected chi connectivity index (χ0v) is 22.4. The Morgan fingerprint density at radius 1 is 0.900 bits per heavy atom. The number of carbonyl (C=O) groups is 6. The van der Waals surface area contributed by atoms with E-state index in [9.17, 15) is 33.9 Å². The second kappa shape index (κ2) is 14.6. The Morgan fingerprint density at radius 3 is 2.10 bits per heavy atom. The van der Waals surface area contributed by atoms with Crippen LogP contribution in [-0.2, 0) is 35.2 Å². The third-order valence-electron chi connectivity index (χ3n) is 6.62. The first-order chi connectivity index (χ1) is 18.8. The molecule has 0 aliphatic carbocycles. The molecular weight excluding hydrogens is 522 g/mol. The molecule has 5 amide bonds. The third-order valence-corrected chi connectivity index (χ3v) is 6.62. The van der Waals surface area contributed by atoms with Crippen LogP contribution in [0.15, 0.2) is 30.5 Å². The Bertz CT molecular complexity index is 1240. The van der Waals surface area contributed by atoms with Crippen LogP contribution in [0, 0.1) is 5.92 Å². The number of carbonyl (C=O) groups excluding carboxylic acids is 5. The first-order valence-corrected chi connectivity index (χ1v) is 12.8. The summed E-state index contributed by atoms with van der Waals surface area (Å²) in [6, 6.07) is 2.19. The van der Waals surface area contributed by atoms with Crippen molar-refractivity contribution in [2.24, 2.45) is 23.1 Å². The van der Waals surface area contributed by atoms with Crippen molar-refractivity contribution < 1.29 is 33.9 Å². The van der Waals surface area contributed by atoms with Crippen LogP contribution in [0.25, 0.3) is 10.9 Å². The summed E-state index contributed by atoms with van der Waals surface area (Å²) in [5.74, 6) is -5.75. The summed E-state index contributed by atoms with van der Waals surface area (Å²) in [6.45, 7) is 3.67. The van der Waals surface area contributed by atoms with E-state index in [1.807, 2.05) is 31.2 Å². The Balaban J connectivity index is 2.34. The summed E-state index contributed by atoms with van der Waals surface area (Å²) in [7, 11) is 0. The molecule has 5 atom stereocenters. The maximum absolute atomic E-state index is 13.5. The number of benzene rings is 1. The number of hydrogen-bond acceptors (Lipinski definition) is 7. The highest BCUT2D eigenvalue weighted by Gasteiger charge is 2.32. The fourth-order valence-corrected chi connectivity index (χ4v) is 4.01. The number of nitrogens with one attached hydrogen (secondary N) is 4. The fourth-order valence-electron chi connectivity index (χ4n) is 4.01. The van der Waals surface area contributed by atoms with Gasteiger partial charge in [-0.25, -0.2) is 4.79 Å². The summed E-state index contributed by atoms with van der Waals surface area (Å²) in [4.78, 5) is 76.6. The molecule has 0 saturated heterocycles. The molecule has 40 heavy (non-hydrogen) atoms. The van der Waals surface area contributed by atoms with E-state index in [1.54, 1.807) is 13.1 Å². The van der Waals surface area contributed by atoms with Crippen molar-refractivity contribution in [1.82, 2.24) is 20.9 Å². The Labute approximate surface area is 230 Å². The van der Waals surface area contributed by atoms with E-state index in [2.05, 4.69) is 20.9 Å². The van der Waals surface area contributed by atoms with E-state index in [4.69, 9.17) is 17.2 Å². The third kappa shape index (κ3) is 9.08. The van der Waals surface area contributed by atoms with Crippen LogP contribution in [0.5, 0.6) is 0 Å². The first kappa shape index (κ1) is 31.8. The standard InChI is InChI=1S/C26H37N7O7/c1-3-13(2)22(29)25(38)32-18(10-14-12-30-16-7-5-4-6-15(14)16)24(37)31-17(8-9-20(27)34)23(36)33-19(26(39)40)11-21(28)35/h4-7,12-13,17-19,22,30H,3,8-11,29H2,1-2H3,(H2,27,34)(H2,28,35)(H,31,37)(H,32,38)(H,33,36)(H,39,40). The van der Waals surface area contributed by atoms with Crippen molar-refractivity contribution in [3.63, 3.8) is 0 Å². The van der Waals surface area contributed by atoms with Gasteiger partial charge >= 0.3 is 5.97 Å². The van der Waals surface area contributed by atoms with Crippen LogP contribution in [0.2, 0.25) is 0 Å². The van der Waals surface area contributed by atoms with E-state index in [0.29, 0.717) is 12.0 Å². The highest BCUT2D eigenvalue weighted by molar-refractivity contribution is 5.95. The minimum absolute atomic E-state index is 0.0262. The minimum atomic E-state index is -1.66. The van der Waals surface area contributed by atoms with E-state index in [0.717, 1.165) is 10.9 Å². The van der Waals surface area contributed by atoms with Gasteiger partial charge in [0.2, 0.25) is 29.5 Å². The highest BCUT2D eigenvalue weighted by atomic mass is 16.4. The Morgan fingerprint density at radius 2 is 1.50 bits per heavy atom. The molecule has 0 saturated carbocycles. The number of H-pyrrole nitrogens is 1. The Kier molecular flexibility index (Phi) is 11.6. The molecule has 0 aliphatic heterocycles. The predicted molar refractivity (Wildman–Crippen MR) is 145 cm³/mol. The molecule has 1 aromatic heterocycles. The van der Waals surface area contributed by atoms with Gasteiger partial charge in [-0.2, -0.15) is 0 Å². The lowest BCUT2D eigenvalue weighted by atomic mass is 9.98. The molecule has 5 unspecified atom stereocenters. The van der Waals surface area contributed by atoms with Gasteiger partial charge in [0, 0.05) is 29.9 Å². The molecule has 14 heteroatoms. The minimum Gasteiger partial charge on any atom is -0.480 e. The molecule has 1 aromatic carbocycles. The zero-order valence-electron chi connectivity index (χ0n) is 22.4. The van der Waals surface area contributed by atoms with E-state index in [-0.39, 0.29) is 25.2 Å². The second-order valence-corrected chi connectivity index (χ2v) is 9.67. The zero-order chi connectivity index (χ0) is 30.0. The lowest BCUT2D eigenvalue weighted by molar-refractivity contribution is -0.144. The Hall–Kier alpha value is -4.46. The van der Waals surface area contributed by atoms with Gasteiger partial charge in [-0.15, -0.1) is 0 Å². The lowest BCUT2D eigenvalue weighted by Crippen LogP contribution is -2.58. The average Bonchev–Trinajstić information content (AvgIpc) is 3.31. The molecule has 0 spiro atoms. The fraction of sp³-hybridized carbons (Fsp3) is 0.462. The van der Waals surface area contributed by atoms with Crippen molar-refractivity contribution in [1.29, 1.82) is 0 Å². The van der Waals surface area contributed by atoms with Crippen LogP contribution < -0.4 is 33.2 Å². The second-order valence-electron chi connectivity index (χ2n) is 9.67. The van der Waals surface area contributed by atoms with Crippen molar-refractivity contribution in [3.8, 4) is 0 Å². The maximum atomic E-state index is 13.5. The van der Waals surface area contributed by atoms with Gasteiger partial charge in [0.25, 0.3) is 0 Å². The summed E-state index contributed by atoms with van der Waals surface area (Å²) in [5, 5.41) is 17.5. The average molecular weight is 560 g/mol. The number of hydrogen-bond donors (Lipinski definition) is 8. The van der Waals surface area contributed by atoms with Gasteiger partial charge in [0.15, 0.2) is 0 Å². The molecule has 2 rings (SSSR count). The van der Waals surface area contributed by atoms with Crippen molar-refractivity contribution in [3.05, 3.63) is 36.0 Å². The van der Waals surface area contributed by atoms with Crippen molar-refractivity contribution in [2.45, 2.75) is 70.1 Å². The van der Waals surface area contributed by atoms with Gasteiger partial charge in [0.1, 0.15) is 18.1 Å². The largest absolute Gasteiger partial charge is 0.480 e. The van der Waals surface area contributed by atoms with Crippen molar-refractivity contribution >= 4 is 46.4 Å². The van der Waals surface area contributed by atoms with Gasteiger partial charge in [0.05, 0.1) is 12.5 Å². The van der Waals surface area contributed by atoms with Crippen LogP contribution in [0.1, 0.15) is 45.1 Å².